The van der Waals surface area contributed by atoms with E-state index >= 15 is 0 Å². The molecule has 0 aliphatic carbocycles. The number of urea groups is 1. The minimum atomic E-state index is -0.413. The lowest BCUT2D eigenvalue weighted by molar-refractivity contribution is 0.0951. The Labute approximate surface area is 249 Å². The molecular formula is C34H34FN5O3. The highest BCUT2D eigenvalue weighted by molar-refractivity contribution is 6.04. The van der Waals surface area contributed by atoms with Crippen LogP contribution in [0.25, 0.3) is 0 Å². The van der Waals surface area contributed by atoms with Gasteiger partial charge < -0.3 is 25.4 Å². The van der Waals surface area contributed by atoms with Crippen molar-refractivity contribution in [3.8, 4) is 0 Å². The zero-order valence-electron chi connectivity index (χ0n) is 24.0. The molecule has 220 valence electrons. The van der Waals surface area contributed by atoms with Gasteiger partial charge in [-0.2, -0.15) is 0 Å². The minimum absolute atomic E-state index is 0.0302. The summed E-state index contributed by atoms with van der Waals surface area (Å²) >= 11 is 0. The van der Waals surface area contributed by atoms with E-state index in [-0.39, 0.29) is 35.7 Å². The van der Waals surface area contributed by atoms with Crippen molar-refractivity contribution in [2.75, 3.05) is 28.6 Å². The molecule has 3 aromatic carbocycles. The van der Waals surface area contributed by atoms with Gasteiger partial charge in [-0.1, -0.05) is 37.3 Å². The Hall–Kier alpha value is -4.92. The van der Waals surface area contributed by atoms with Crippen molar-refractivity contribution in [1.29, 1.82) is 0 Å². The fourth-order valence-corrected chi connectivity index (χ4v) is 6.14. The number of aryl methyl sites for hydroxylation is 1. The SMILES string of the molecule is CCc1ccc(NC(=O)Nc2cc(C(=O)NCc3ccc(F)cc3)ccc2N2CC3CC(C2)c2cccc(=O)n2C3)cc1. The number of aromatic nitrogens is 1. The minimum Gasteiger partial charge on any atom is -0.369 e. The molecule has 2 bridgehead atoms. The standard InChI is InChI=1S/C34H34FN5O3/c1-2-22-8-13-28(14-9-22)37-34(43)38-29-17-25(33(42)36-18-23-6-11-27(35)12-7-23)10-15-31(29)39-19-24-16-26(21-39)30-4-3-5-32(41)40(30)20-24/h3-15,17,24,26H,2,16,18-21H2,1H3,(H,36,42)(H2,37,38,43). The van der Waals surface area contributed by atoms with Gasteiger partial charge in [-0.05, 0) is 78.4 Å². The quantitative estimate of drug-likeness (QED) is 0.260. The number of halogens is 1. The van der Waals surface area contributed by atoms with Crippen molar-refractivity contribution in [1.82, 2.24) is 9.88 Å². The van der Waals surface area contributed by atoms with Gasteiger partial charge in [0.15, 0.2) is 0 Å². The van der Waals surface area contributed by atoms with E-state index < -0.39 is 6.03 Å². The van der Waals surface area contributed by atoms with Crippen LogP contribution < -0.4 is 26.4 Å². The second-order valence-corrected chi connectivity index (χ2v) is 11.3. The summed E-state index contributed by atoms with van der Waals surface area (Å²) in [5.74, 6) is -0.181. The molecule has 0 radical (unpaired) electrons. The largest absolute Gasteiger partial charge is 0.369 e. The number of hydrogen-bond donors (Lipinski definition) is 3. The topological polar surface area (TPSA) is 95.5 Å². The lowest BCUT2D eigenvalue weighted by atomic mass is 9.83. The molecule has 0 spiro atoms. The molecule has 2 atom stereocenters. The molecule has 2 aliphatic heterocycles. The molecule has 3 heterocycles. The van der Waals surface area contributed by atoms with Gasteiger partial charge in [0.2, 0.25) is 0 Å². The van der Waals surface area contributed by atoms with Crippen LogP contribution in [0.2, 0.25) is 0 Å². The maximum atomic E-state index is 13.3. The summed E-state index contributed by atoms with van der Waals surface area (Å²) in [4.78, 5) is 41.1. The number of anilines is 3. The van der Waals surface area contributed by atoms with Gasteiger partial charge in [0, 0.05) is 55.1 Å². The van der Waals surface area contributed by atoms with E-state index in [1.165, 1.54) is 17.7 Å². The average Bonchev–Trinajstić information content (AvgIpc) is 3.01. The Morgan fingerprint density at radius 1 is 0.884 bits per heavy atom. The molecule has 3 amide bonds. The van der Waals surface area contributed by atoms with Crippen molar-refractivity contribution in [2.45, 2.75) is 38.8 Å². The van der Waals surface area contributed by atoms with Gasteiger partial charge in [-0.25, -0.2) is 9.18 Å². The monoisotopic (exact) mass is 579 g/mol. The van der Waals surface area contributed by atoms with Crippen LogP contribution in [0.3, 0.4) is 0 Å². The molecule has 4 aromatic rings. The Bertz CT molecular complexity index is 1700. The number of rotatable bonds is 7. The fourth-order valence-electron chi connectivity index (χ4n) is 6.14. The zero-order chi connectivity index (χ0) is 29.9. The molecule has 1 saturated heterocycles. The predicted octanol–water partition coefficient (Wildman–Crippen LogP) is 5.75. The highest BCUT2D eigenvalue weighted by Crippen LogP contribution is 2.39. The maximum Gasteiger partial charge on any atom is 0.323 e. The van der Waals surface area contributed by atoms with E-state index in [2.05, 4.69) is 27.8 Å². The van der Waals surface area contributed by atoms with Crippen LogP contribution >= 0.6 is 0 Å². The van der Waals surface area contributed by atoms with E-state index in [1.807, 2.05) is 47.0 Å². The number of carbonyl (C=O) groups is 2. The first-order chi connectivity index (χ1) is 20.9. The van der Waals surface area contributed by atoms with Crippen LogP contribution in [0.4, 0.5) is 26.2 Å². The number of piperidine rings is 1. The summed E-state index contributed by atoms with van der Waals surface area (Å²) in [7, 11) is 0. The average molecular weight is 580 g/mol. The van der Waals surface area contributed by atoms with Gasteiger partial charge >= 0.3 is 6.03 Å². The number of nitrogens with one attached hydrogen (secondary N) is 3. The third kappa shape index (κ3) is 6.30. The highest BCUT2D eigenvalue weighted by Gasteiger charge is 2.35. The van der Waals surface area contributed by atoms with E-state index in [9.17, 15) is 18.8 Å². The fraction of sp³-hybridized carbons (Fsp3) is 0.265. The lowest BCUT2D eigenvalue weighted by Gasteiger charge is -2.44. The van der Waals surface area contributed by atoms with Crippen LogP contribution in [-0.2, 0) is 19.5 Å². The van der Waals surface area contributed by atoms with Gasteiger partial charge in [-0.15, -0.1) is 0 Å². The smallest absolute Gasteiger partial charge is 0.323 e. The van der Waals surface area contributed by atoms with Crippen LogP contribution in [0.15, 0.2) is 89.7 Å². The first kappa shape index (κ1) is 28.2. The molecule has 2 aliphatic rings. The Morgan fingerprint density at radius 2 is 1.65 bits per heavy atom. The second kappa shape index (κ2) is 12.1. The summed E-state index contributed by atoms with van der Waals surface area (Å²) in [6.07, 6.45) is 1.91. The number of nitrogens with zero attached hydrogens (tertiary/aromatic N) is 2. The number of pyridine rings is 1. The van der Waals surface area contributed by atoms with Gasteiger partial charge in [0.1, 0.15) is 5.82 Å². The number of amides is 3. The molecule has 2 unspecified atom stereocenters. The molecule has 3 N–H and O–H groups in total. The van der Waals surface area contributed by atoms with Crippen LogP contribution in [0.1, 0.15) is 46.4 Å². The van der Waals surface area contributed by atoms with Gasteiger partial charge in [0.25, 0.3) is 11.5 Å². The van der Waals surface area contributed by atoms with Crippen LogP contribution in [0, 0.1) is 11.7 Å². The van der Waals surface area contributed by atoms with E-state index in [1.54, 1.807) is 30.3 Å². The van der Waals surface area contributed by atoms with Crippen LogP contribution in [-0.4, -0.2) is 29.6 Å². The first-order valence-corrected chi connectivity index (χ1v) is 14.6. The first-order valence-electron chi connectivity index (χ1n) is 14.6. The number of fused-ring (bicyclic) bond motifs is 4. The van der Waals surface area contributed by atoms with Crippen molar-refractivity contribution < 1.29 is 14.0 Å². The summed E-state index contributed by atoms with van der Waals surface area (Å²) in [5, 5.41) is 8.76. The number of benzene rings is 3. The molecular weight excluding hydrogens is 545 g/mol. The Kier molecular flexibility index (Phi) is 7.96. The molecule has 1 fully saturated rings. The number of carbonyl (C=O) groups excluding carboxylic acids is 2. The molecule has 43 heavy (non-hydrogen) atoms. The van der Waals surface area contributed by atoms with Crippen molar-refractivity contribution in [2.24, 2.45) is 5.92 Å². The number of hydrogen-bond acceptors (Lipinski definition) is 4. The molecule has 0 saturated carbocycles. The van der Waals surface area contributed by atoms with Crippen molar-refractivity contribution >= 4 is 29.0 Å². The summed E-state index contributed by atoms with van der Waals surface area (Å²) < 4.78 is 15.2. The third-order valence-corrected chi connectivity index (χ3v) is 8.31. The predicted molar refractivity (Wildman–Crippen MR) is 166 cm³/mol. The summed E-state index contributed by atoms with van der Waals surface area (Å²) in [5.41, 5.74) is 5.40. The molecule has 8 nitrogen and oxygen atoms in total. The van der Waals surface area contributed by atoms with Gasteiger partial charge in [-0.3, -0.25) is 9.59 Å². The Morgan fingerprint density at radius 3 is 2.42 bits per heavy atom. The molecule has 9 heteroatoms. The van der Waals surface area contributed by atoms with Crippen molar-refractivity contribution in [3.05, 3.63) is 123 Å². The normalized spacial score (nSPS) is 17.1. The zero-order valence-corrected chi connectivity index (χ0v) is 24.0. The van der Waals surface area contributed by atoms with E-state index in [0.717, 1.165) is 36.3 Å². The Balaban J connectivity index is 1.25. The van der Waals surface area contributed by atoms with E-state index in [0.29, 0.717) is 30.0 Å². The summed E-state index contributed by atoms with van der Waals surface area (Å²) in [6.45, 7) is 4.38. The van der Waals surface area contributed by atoms with Gasteiger partial charge in [0.05, 0.1) is 11.4 Å². The van der Waals surface area contributed by atoms with Crippen molar-refractivity contribution in [3.63, 3.8) is 0 Å². The molecule has 6 rings (SSSR count). The third-order valence-electron chi connectivity index (χ3n) is 8.31. The van der Waals surface area contributed by atoms with E-state index in [4.69, 9.17) is 0 Å². The maximum absolute atomic E-state index is 13.3. The molecule has 1 aromatic heterocycles. The second-order valence-electron chi connectivity index (χ2n) is 11.3. The summed E-state index contributed by atoms with van der Waals surface area (Å²) in [6, 6.07) is 24.0. The lowest BCUT2D eigenvalue weighted by Crippen LogP contribution is -2.47. The van der Waals surface area contributed by atoms with Crippen LogP contribution in [0.5, 0.6) is 0 Å². The highest BCUT2D eigenvalue weighted by atomic mass is 19.1.